The molecule has 1 atom stereocenters. The van der Waals surface area contributed by atoms with Gasteiger partial charge in [0.25, 0.3) is 5.91 Å². The number of fused-ring (bicyclic) bond motifs is 2. The summed E-state index contributed by atoms with van der Waals surface area (Å²) >= 11 is 0. The van der Waals surface area contributed by atoms with Crippen LogP contribution in [-0.4, -0.2) is 34.9 Å². The Balaban J connectivity index is 1.26. The van der Waals surface area contributed by atoms with Crippen LogP contribution in [0.15, 0.2) is 59.0 Å². The number of halogens is 1. The first-order valence-electron chi connectivity index (χ1n) is 11.9. The average molecular weight is 450 g/mol. The number of hydrogen-bond donors (Lipinski definition) is 2. The first kappa shape index (κ1) is 23.1. The predicted molar refractivity (Wildman–Crippen MR) is 131 cm³/mol. The number of benzene rings is 2. The van der Waals surface area contributed by atoms with E-state index in [2.05, 4.69) is 29.4 Å². The molecule has 5 nitrogen and oxygen atoms in total. The molecule has 0 aliphatic rings. The minimum absolute atomic E-state index is 0.0241. The monoisotopic (exact) mass is 449 g/mol. The lowest BCUT2D eigenvalue weighted by Crippen LogP contribution is -2.40. The topological polar surface area (TPSA) is 61.3 Å². The van der Waals surface area contributed by atoms with E-state index in [0.29, 0.717) is 18.8 Å². The van der Waals surface area contributed by atoms with Crippen LogP contribution >= 0.6 is 0 Å². The Morgan fingerprint density at radius 3 is 2.73 bits per heavy atom. The Morgan fingerprint density at radius 2 is 1.94 bits per heavy atom. The van der Waals surface area contributed by atoms with E-state index in [0.717, 1.165) is 59.9 Å². The number of nitrogens with one attached hydrogen (secondary N) is 2. The third kappa shape index (κ3) is 5.45. The number of nitrogens with zero attached hydrogens (tertiary/aromatic N) is 1. The van der Waals surface area contributed by atoms with Crippen LogP contribution in [0.5, 0.6) is 0 Å². The fourth-order valence-electron chi connectivity index (χ4n) is 4.49. The summed E-state index contributed by atoms with van der Waals surface area (Å²) in [5.74, 6) is 0.626. The molecule has 0 bridgehead atoms. The zero-order valence-electron chi connectivity index (χ0n) is 19.4. The molecule has 0 aliphatic heterocycles. The average Bonchev–Trinajstić information content (AvgIpc) is 3.43. The third-order valence-electron chi connectivity index (χ3n) is 6.24. The molecule has 0 radical (unpaired) electrons. The maximum atomic E-state index is 13.5. The van der Waals surface area contributed by atoms with Gasteiger partial charge in [-0.2, -0.15) is 0 Å². The standard InChI is InChI=1S/C27H32FN3O2/c1-3-22(10-7-8-14-29-18-23-16-19-9-5-6-11-26(19)33-23)31(4-2)27(32)25-17-20-15-21(28)12-13-24(20)30-25/h5-6,9,11-13,15-17,22,29-30H,3-4,7-8,10,14,18H2,1-2H3/t22-/m1/s1. The lowest BCUT2D eigenvalue weighted by molar-refractivity contribution is 0.0667. The fraction of sp³-hybridized carbons (Fsp3) is 0.370. The molecular weight excluding hydrogens is 417 g/mol. The molecule has 2 aromatic carbocycles. The lowest BCUT2D eigenvalue weighted by Gasteiger charge is -2.30. The largest absolute Gasteiger partial charge is 0.460 e. The number of furan rings is 1. The summed E-state index contributed by atoms with van der Waals surface area (Å²) < 4.78 is 19.4. The van der Waals surface area contributed by atoms with Crippen molar-refractivity contribution >= 4 is 27.8 Å². The molecule has 4 aromatic rings. The molecule has 1 amide bonds. The van der Waals surface area contributed by atoms with E-state index in [1.807, 2.05) is 30.0 Å². The Bertz CT molecular complexity index is 1180. The molecule has 0 aliphatic carbocycles. The maximum Gasteiger partial charge on any atom is 0.270 e. The molecule has 0 fully saturated rings. The first-order chi connectivity index (χ1) is 16.1. The normalized spacial score (nSPS) is 12.5. The Labute approximate surface area is 194 Å². The summed E-state index contributed by atoms with van der Waals surface area (Å²) in [4.78, 5) is 18.3. The van der Waals surface area contributed by atoms with Gasteiger partial charge in [-0.15, -0.1) is 0 Å². The van der Waals surface area contributed by atoms with Gasteiger partial charge in [-0.3, -0.25) is 4.79 Å². The van der Waals surface area contributed by atoms with E-state index in [-0.39, 0.29) is 17.8 Å². The van der Waals surface area contributed by atoms with Crippen LogP contribution in [0.1, 0.15) is 55.8 Å². The van der Waals surface area contributed by atoms with Crippen molar-refractivity contribution in [3.8, 4) is 0 Å². The van der Waals surface area contributed by atoms with Gasteiger partial charge in [-0.25, -0.2) is 4.39 Å². The summed E-state index contributed by atoms with van der Waals surface area (Å²) in [6.07, 6.45) is 3.93. The van der Waals surface area contributed by atoms with Crippen LogP contribution in [0.2, 0.25) is 0 Å². The highest BCUT2D eigenvalue weighted by molar-refractivity contribution is 5.98. The van der Waals surface area contributed by atoms with Gasteiger partial charge in [-0.1, -0.05) is 31.5 Å². The van der Waals surface area contributed by atoms with Crippen LogP contribution in [0.3, 0.4) is 0 Å². The number of H-pyrrole nitrogens is 1. The van der Waals surface area contributed by atoms with Gasteiger partial charge in [0.1, 0.15) is 22.9 Å². The molecular formula is C27H32FN3O2. The molecule has 174 valence electrons. The molecule has 2 aromatic heterocycles. The minimum Gasteiger partial charge on any atom is -0.460 e. The molecule has 0 saturated heterocycles. The fourth-order valence-corrected chi connectivity index (χ4v) is 4.49. The van der Waals surface area contributed by atoms with Crippen molar-refractivity contribution in [3.05, 3.63) is 71.9 Å². The van der Waals surface area contributed by atoms with Crippen LogP contribution in [0, 0.1) is 5.82 Å². The molecule has 0 saturated carbocycles. The SMILES string of the molecule is CC[C@H](CCCCNCc1cc2ccccc2o1)N(CC)C(=O)c1cc2cc(F)ccc2[nH]1. The molecule has 2 heterocycles. The predicted octanol–water partition coefficient (Wildman–Crippen LogP) is 6.25. The number of unbranched alkanes of at least 4 members (excludes halogenated alkanes) is 1. The second kappa shape index (κ2) is 10.7. The summed E-state index contributed by atoms with van der Waals surface area (Å²) in [6.45, 7) is 6.40. The van der Waals surface area contributed by atoms with Gasteiger partial charge in [0, 0.05) is 28.9 Å². The number of para-hydroxylation sites is 1. The minimum atomic E-state index is -0.298. The van der Waals surface area contributed by atoms with Crippen molar-refractivity contribution in [3.63, 3.8) is 0 Å². The molecule has 33 heavy (non-hydrogen) atoms. The number of carbonyl (C=O) groups excluding carboxylic acids is 1. The highest BCUT2D eigenvalue weighted by Crippen LogP contribution is 2.21. The van der Waals surface area contributed by atoms with E-state index in [9.17, 15) is 9.18 Å². The van der Waals surface area contributed by atoms with Crippen LogP contribution < -0.4 is 5.32 Å². The van der Waals surface area contributed by atoms with E-state index in [1.165, 1.54) is 12.1 Å². The van der Waals surface area contributed by atoms with E-state index >= 15 is 0 Å². The number of rotatable bonds is 11. The van der Waals surface area contributed by atoms with Gasteiger partial charge in [0.15, 0.2) is 0 Å². The highest BCUT2D eigenvalue weighted by Gasteiger charge is 2.23. The zero-order valence-corrected chi connectivity index (χ0v) is 19.4. The molecule has 0 spiro atoms. The van der Waals surface area contributed by atoms with Gasteiger partial charge in [-0.05, 0) is 69.1 Å². The summed E-state index contributed by atoms with van der Waals surface area (Å²) in [7, 11) is 0. The van der Waals surface area contributed by atoms with Crippen molar-refractivity contribution in [2.24, 2.45) is 0 Å². The molecule has 2 N–H and O–H groups in total. The Morgan fingerprint density at radius 1 is 1.09 bits per heavy atom. The zero-order chi connectivity index (χ0) is 23.2. The van der Waals surface area contributed by atoms with Crippen LogP contribution in [0.4, 0.5) is 4.39 Å². The second-order valence-corrected chi connectivity index (χ2v) is 8.49. The molecule has 6 heteroatoms. The summed E-state index contributed by atoms with van der Waals surface area (Å²) in [6, 6.07) is 16.6. The summed E-state index contributed by atoms with van der Waals surface area (Å²) in [5, 5.41) is 5.31. The summed E-state index contributed by atoms with van der Waals surface area (Å²) in [5.41, 5.74) is 2.22. The lowest BCUT2D eigenvalue weighted by atomic mass is 10.0. The second-order valence-electron chi connectivity index (χ2n) is 8.49. The van der Waals surface area contributed by atoms with Crippen molar-refractivity contribution in [1.29, 1.82) is 0 Å². The van der Waals surface area contributed by atoms with Gasteiger partial charge >= 0.3 is 0 Å². The van der Waals surface area contributed by atoms with Gasteiger partial charge in [0.2, 0.25) is 0 Å². The highest BCUT2D eigenvalue weighted by atomic mass is 19.1. The maximum absolute atomic E-state index is 13.5. The van der Waals surface area contributed by atoms with Gasteiger partial charge in [0.05, 0.1) is 6.54 Å². The smallest absolute Gasteiger partial charge is 0.270 e. The van der Waals surface area contributed by atoms with Crippen LogP contribution in [0.25, 0.3) is 21.9 Å². The number of hydrogen-bond acceptors (Lipinski definition) is 3. The van der Waals surface area contributed by atoms with E-state index < -0.39 is 0 Å². The van der Waals surface area contributed by atoms with Crippen molar-refractivity contribution < 1.29 is 13.6 Å². The van der Waals surface area contributed by atoms with Crippen molar-refractivity contribution in [2.75, 3.05) is 13.1 Å². The molecule has 0 unspecified atom stereocenters. The third-order valence-corrected chi connectivity index (χ3v) is 6.24. The molecule has 4 rings (SSSR count). The van der Waals surface area contributed by atoms with Crippen molar-refractivity contribution in [1.82, 2.24) is 15.2 Å². The van der Waals surface area contributed by atoms with E-state index in [4.69, 9.17) is 4.42 Å². The van der Waals surface area contributed by atoms with Crippen LogP contribution in [-0.2, 0) is 6.54 Å². The number of amides is 1. The Hall–Kier alpha value is -3.12. The first-order valence-corrected chi connectivity index (χ1v) is 11.9. The van der Waals surface area contributed by atoms with Gasteiger partial charge < -0.3 is 19.6 Å². The van der Waals surface area contributed by atoms with Crippen molar-refractivity contribution in [2.45, 2.75) is 52.1 Å². The van der Waals surface area contributed by atoms with E-state index in [1.54, 1.807) is 12.1 Å². The number of carbonyl (C=O) groups is 1. The number of aromatic nitrogens is 1. The number of aromatic amines is 1. The Kier molecular flexibility index (Phi) is 7.45. The quantitative estimate of drug-likeness (QED) is 0.266.